The maximum atomic E-state index is 13.4. The number of halogens is 1. The van der Waals surface area contributed by atoms with Crippen molar-refractivity contribution in [3.63, 3.8) is 0 Å². The van der Waals surface area contributed by atoms with Gasteiger partial charge in [0.15, 0.2) is 0 Å². The van der Waals surface area contributed by atoms with E-state index in [1.54, 1.807) is 30.0 Å². The minimum atomic E-state index is -0.510. The molecule has 0 aliphatic carbocycles. The number of esters is 1. The Balaban J connectivity index is 2.72. The van der Waals surface area contributed by atoms with Gasteiger partial charge >= 0.3 is 5.97 Å². The summed E-state index contributed by atoms with van der Waals surface area (Å²) in [6.45, 7) is 0. The number of ether oxygens (including phenoxy) is 1. The standard InChI is InChI=1S/C12H16FNO2S/c1-16-12(15)11(7-8-17-2)14-10-6-4-3-5-9(10)13/h3-6,11,14H,7-8H2,1-2H3. The largest absolute Gasteiger partial charge is 0.467 e. The highest BCUT2D eigenvalue weighted by molar-refractivity contribution is 7.98. The Bertz CT molecular complexity index is 373. The Kier molecular flexibility index (Phi) is 5.83. The molecule has 3 nitrogen and oxygen atoms in total. The maximum Gasteiger partial charge on any atom is 0.328 e. The van der Waals surface area contributed by atoms with E-state index >= 15 is 0 Å². The number of anilines is 1. The van der Waals surface area contributed by atoms with Gasteiger partial charge in [-0.05, 0) is 30.6 Å². The molecule has 0 saturated carbocycles. The number of hydrogen-bond acceptors (Lipinski definition) is 4. The summed E-state index contributed by atoms with van der Waals surface area (Å²) < 4.78 is 18.1. The van der Waals surface area contributed by atoms with Gasteiger partial charge in [0.2, 0.25) is 0 Å². The zero-order chi connectivity index (χ0) is 12.7. The Morgan fingerprint density at radius 2 is 2.24 bits per heavy atom. The number of rotatable bonds is 6. The number of nitrogens with one attached hydrogen (secondary N) is 1. The third-order valence-electron chi connectivity index (χ3n) is 2.30. The van der Waals surface area contributed by atoms with Gasteiger partial charge in [-0.2, -0.15) is 11.8 Å². The lowest BCUT2D eigenvalue weighted by Gasteiger charge is -2.17. The Labute approximate surface area is 105 Å². The summed E-state index contributed by atoms with van der Waals surface area (Å²) >= 11 is 1.63. The number of benzene rings is 1. The van der Waals surface area contributed by atoms with Crippen molar-refractivity contribution >= 4 is 23.4 Å². The molecule has 1 unspecified atom stereocenters. The minimum absolute atomic E-state index is 0.323. The highest BCUT2D eigenvalue weighted by Crippen LogP contribution is 2.16. The molecule has 0 fully saturated rings. The van der Waals surface area contributed by atoms with Crippen LogP contribution in [0.5, 0.6) is 0 Å². The van der Waals surface area contributed by atoms with Crippen LogP contribution in [0.4, 0.5) is 10.1 Å². The predicted octanol–water partition coefficient (Wildman–Crippen LogP) is 2.53. The van der Waals surface area contributed by atoms with E-state index in [9.17, 15) is 9.18 Å². The minimum Gasteiger partial charge on any atom is -0.467 e. The summed E-state index contributed by atoms with van der Waals surface area (Å²) in [7, 11) is 1.33. The smallest absolute Gasteiger partial charge is 0.328 e. The number of hydrogen-bond donors (Lipinski definition) is 1. The number of thioether (sulfide) groups is 1. The third-order valence-corrected chi connectivity index (χ3v) is 2.94. The maximum absolute atomic E-state index is 13.4. The average molecular weight is 257 g/mol. The van der Waals surface area contributed by atoms with Crippen LogP contribution in [0.3, 0.4) is 0 Å². The summed E-state index contributed by atoms with van der Waals surface area (Å²) in [6, 6.07) is 5.77. The summed E-state index contributed by atoms with van der Waals surface area (Å²) in [4.78, 5) is 11.5. The quantitative estimate of drug-likeness (QED) is 0.795. The number of carbonyl (C=O) groups is 1. The van der Waals surface area contributed by atoms with Crippen LogP contribution in [-0.2, 0) is 9.53 Å². The Morgan fingerprint density at radius 1 is 1.53 bits per heavy atom. The van der Waals surface area contributed by atoms with Gasteiger partial charge in [0.05, 0.1) is 12.8 Å². The van der Waals surface area contributed by atoms with Crippen molar-refractivity contribution in [1.29, 1.82) is 0 Å². The summed E-state index contributed by atoms with van der Waals surface area (Å²) in [6.07, 6.45) is 2.56. The molecular weight excluding hydrogens is 241 g/mol. The van der Waals surface area contributed by atoms with Crippen molar-refractivity contribution in [2.75, 3.05) is 24.4 Å². The first kappa shape index (κ1) is 13.8. The molecule has 1 N–H and O–H groups in total. The number of para-hydroxylation sites is 1. The van der Waals surface area contributed by atoms with Crippen molar-refractivity contribution in [1.82, 2.24) is 0 Å². The molecule has 1 aromatic rings. The molecule has 0 radical (unpaired) electrons. The normalized spacial score (nSPS) is 11.9. The van der Waals surface area contributed by atoms with Crippen LogP contribution >= 0.6 is 11.8 Å². The molecule has 1 rings (SSSR count). The Morgan fingerprint density at radius 3 is 2.82 bits per heavy atom. The predicted molar refractivity (Wildman–Crippen MR) is 68.8 cm³/mol. The van der Waals surface area contributed by atoms with Crippen LogP contribution in [0.2, 0.25) is 0 Å². The molecule has 0 bridgehead atoms. The topological polar surface area (TPSA) is 38.3 Å². The van der Waals surface area contributed by atoms with Crippen LogP contribution in [0, 0.1) is 5.82 Å². The molecule has 5 heteroatoms. The fourth-order valence-corrected chi connectivity index (χ4v) is 1.86. The van der Waals surface area contributed by atoms with Gasteiger partial charge in [-0.1, -0.05) is 12.1 Å². The van der Waals surface area contributed by atoms with Crippen molar-refractivity contribution in [3.05, 3.63) is 30.1 Å². The molecule has 0 saturated heterocycles. The zero-order valence-electron chi connectivity index (χ0n) is 9.90. The SMILES string of the molecule is COC(=O)C(CCSC)Nc1ccccc1F. The van der Waals surface area contributed by atoms with E-state index in [0.717, 1.165) is 5.75 Å². The second kappa shape index (κ2) is 7.17. The highest BCUT2D eigenvalue weighted by Gasteiger charge is 2.19. The van der Waals surface area contributed by atoms with Gasteiger partial charge < -0.3 is 10.1 Å². The van der Waals surface area contributed by atoms with E-state index in [0.29, 0.717) is 12.1 Å². The zero-order valence-corrected chi connectivity index (χ0v) is 10.7. The second-order valence-corrected chi connectivity index (χ2v) is 4.47. The molecule has 0 heterocycles. The van der Waals surface area contributed by atoms with Crippen LogP contribution in [0.25, 0.3) is 0 Å². The first-order valence-corrected chi connectivity index (χ1v) is 6.66. The molecule has 1 atom stereocenters. The van der Waals surface area contributed by atoms with Crippen LogP contribution in [0.1, 0.15) is 6.42 Å². The van der Waals surface area contributed by atoms with E-state index in [1.165, 1.54) is 13.2 Å². The lowest BCUT2D eigenvalue weighted by Crippen LogP contribution is -2.31. The van der Waals surface area contributed by atoms with Gasteiger partial charge in [0.25, 0.3) is 0 Å². The van der Waals surface area contributed by atoms with Gasteiger partial charge in [0, 0.05) is 0 Å². The van der Waals surface area contributed by atoms with E-state index < -0.39 is 6.04 Å². The fourth-order valence-electron chi connectivity index (χ4n) is 1.39. The lowest BCUT2D eigenvalue weighted by atomic mass is 10.2. The molecular formula is C12H16FNO2S. The summed E-state index contributed by atoms with van der Waals surface area (Å²) in [5.74, 6) is 0.0640. The average Bonchev–Trinajstić information content (AvgIpc) is 2.35. The molecule has 0 aliphatic heterocycles. The van der Waals surface area contributed by atoms with Gasteiger partial charge in [-0.15, -0.1) is 0 Å². The van der Waals surface area contributed by atoms with Crippen molar-refractivity contribution in [3.8, 4) is 0 Å². The first-order chi connectivity index (χ1) is 8.19. The van der Waals surface area contributed by atoms with Crippen LogP contribution < -0.4 is 5.32 Å². The van der Waals surface area contributed by atoms with Crippen LogP contribution in [-0.4, -0.2) is 31.1 Å². The van der Waals surface area contributed by atoms with E-state index in [-0.39, 0.29) is 11.8 Å². The molecule has 17 heavy (non-hydrogen) atoms. The van der Waals surface area contributed by atoms with Gasteiger partial charge in [0.1, 0.15) is 11.9 Å². The molecule has 0 spiro atoms. The van der Waals surface area contributed by atoms with Crippen molar-refractivity contribution in [2.24, 2.45) is 0 Å². The first-order valence-electron chi connectivity index (χ1n) is 5.27. The summed E-state index contributed by atoms with van der Waals surface area (Å²) in [5, 5.41) is 2.87. The van der Waals surface area contributed by atoms with Gasteiger partial charge in [-0.3, -0.25) is 0 Å². The van der Waals surface area contributed by atoms with Crippen LogP contribution in [0.15, 0.2) is 24.3 Å². The monoisotopic (exact) mass is 257 g/mol. The molecule has 94 valence electrons. The van der Waals surface area contributed by atoms with Crippen molar-refractivity contribution in [2.45, 2.75) is 12.5 Å². The van der Waals surface area contributed by atoms with E-state index in [4.69, 9.17) is 0 Å². The molecule has 0 aromatic heterocycles. The van der Waals surface area contributed by atoms with E-state index in [2.05, 4.69) is 10.1 Å². The fraction of sp³-hybridized carbons (Fsp3) is 0.417. The molecule has 0 aliphatic rings. The lowest BCUT2D eigenvalue weighted by molar-refractivity contribution is -0.141. The van der Waals surface area contributed by atoms with Gasteiger partial charge in [-0.25, -0.2) is 9.18 Å². The molecule has 0 amide bonds. The second-order valence-electron chi connectivity index (χ2n) is 3.48. The Hall–Kier alpha value is -1.23. The van der Waals surface area contributed by atoms with E-state index in [1.807, 2.05) is 6.26 Å². The van der Waals surface area contributed by atoms with Crippen molar-refractivity contribution < 1.29 is 13.9 Å². The third kappa shape index (κ3) is 4.26. The summed E-state index contributed by atoms with van der Waals surface area (Å²) in [5.41, 5.74) is 0.323. The number of methoxy groups -OCH3 is 1. The number of carbonyl (C=O) groups excluding carboxylic acids is 1. The highest BCUT2D eigenvalue weighted by atomic mass is 32.2. The molecule has 1 aromatic carbocycles.